The summed E-state index contributed by atoms with van der Waals surface area (Å²) in [6.45, 7) is 8.51. The molecule has 0 radical (unpaired) electrons. The predicted molar refractivity (Wildman–Crippen MR) is 63.7 cm³/mol. The molecule has 0 amide bonds. The van der Waals surface area contributed by atoms with Crippen LogP contribution in [0.1, 0.15) is 59.8 Å². The van der Waals surface area contributed by atoms with Crippen molar-refractivity contribution in [3.8, 4) is 0 Å². The number of hydrogen-bond acceptors (Lipinski definition) is 2. The van der Waals surface area contributed by atoms with E-state index in [-0.39, 0.29) is 11.4 Å². The minimum absolute atomic E-state index is 0.0304. The van der Waals surface area contributed by atoms with Crippen LogP contribution in [0.2, 0.25) is 0 Å². The van der Waals surface area contributed by atoms with Gasteiger partial charge in [-0.05, 0) is 25.7 Å². The molecule has 0 aromatic heterocycles. The van der Waals surface area contributed by atoms with Crippen molar-refractivity contribution in [2.75, 3.05) is 7.11 Å². The summed E-state index contributed by atoms with van der Waals surface area (Å²) in [5.41, 5.74) is -0.174. The number of rotatable bonds is 1. The summed E-state index contributed by atoms with van der Waals surface area (Å²) in [5.74, 6) is 0.803. The molecule has 2 heteroatoms. The van der Waals surface area contributed by atoms with Crippen molar-refractivity contribution in [2.24, 2.45) is 11.3 Å². The Balaban J connectivity index is 0.000000423. The van der Waals surface area contributed by atoms with Crippen LogP contribution in [0.4, 0.5) is 0 Å². The van der Waals surface area contributed by atoms with E-state index in [9.17, 15) is 4.79 Å². The summed E-state index contributed by atoms with van der Waals surface area (Å²) in [4.78, 5) is 11.3. The summed E-state index contributed by atoms with van der Waals surface area (Å²) in [7, 11) is 1.47. The highest BCUT2D eigenvalue weighted by atomic mass is 16.5. The van der Waals surface area contributed by atoms with E-state index in [2.05, 4.69) is 20.8 Å². The van der Waals surface area contributed by atoms with E-state index >= 15 is 0 Å². The Kier molecular flexibility index (Phi) is 6.62. The zero-order valence-corrected chi connectivity index (χ0v) is 10.9. The van der Waals surface area contributed by atoms with Crippen LogP contribution < -0.4 is 0 Å². The van der Waals surface area contributed by atoms with Crippen LogP contribution in [0, 0.1) is 11.3 Å². The summed E-state index contributed by atoms with van der Waals surface area (Å²) < 4.78 is 4.75. The number of hydrogen-bond donors (Lipinski definition) is 0. The predicted octanol–water partition coefficient (Wildman–Crippen LogP) is 3.79. The number of esters is 1. The highest BCUT2D eigenvalue weighted by Gasteiger charge is 2.35. The van der Waals surface area contributed by atoms with Gasteiger partial charge < -0.3 is 4.74 Å². The van der Waals surface area contributed by atoms with E-state index in [1.165, 1.54) is 26.4 Å². The Morgan fingerprint density at radius 2 is 1.53 bits per heavy atom. The summed E-state index contributed by atoms with van der Waals surface area (Å²) in [5, 5.41) is 0. The topological polar surface area (TPSA) is 26.3 Å². The van der Waals surface area contributed by atoms with Crippen molar-refractivity contribution in [1.82, 2.24) is 0 Å². The smallest absolute Gasteiger partial charge is 0.311 e. The number of ether oxygens (including phenoxy) is 1. The summed E-state index contributed by atoms with van der Waals surface area (Å²) in [6.07, 6.45) is 5.61. The van der Waals surface area contributed by atoms with Crippen molar-refractivity contribution in [1.29, 1.82) is 0 Å². The molecule has 0 N–H and O–H groups in total. The molecule has 0 heterocycles. The van der Waals surface area contributed by atoms with Gasteiger partial charge in [-0.1, -0.05) is 40.0 Å². The zero-order valence-electron chi connectivity index (χ0n) is 10.9. The Hall–Kier alpha value is -0.530. The van der Waals surface area contributed by atoms with Crippen LogP contribution in [0.3, 0.4) is 0 Å². The maximum atomic E-state index is 11.3. The normalized spacial score (nSPS) is 19.1. The largest absolute Gasteiger partial charge is 0.469 e. The van der Waals surface area contributed by atoms with E-state index in [1.54, 1.807) is 0 Å². The molecule has 1 aliphatic carbocycles. The summed E-state index contributed by atoms with van der Waals surface area (Å²) >= 11 is 0. The highest BCUT2D eigenvalue weighted by Crippen LogP contribution is 2.36. The second kappa shape index (κ2) is 6.86. The fourth-order valence-electron chi connectivity index (χ4n) is 1.78. The monoisotopic (exact) mass is 214 g/mol. The van der Waals surface area contributed by atoms with Crippen LogP contribution in [0.25, 0.3) is 0 Å². The maximum Gasteiger partial charge on any atom is 0.311 e. The maximum absolute atomic E-state index is 11.3. The van der Waals surface area contributed by atoms with Gasteiger partial charge in [0.15, 0.2) is 0 Å². The quantitative estimate of drug-likeness (QED) is 0.621. The molecule has 0 spiro atoms. The standard InChI is InChI=1S/C9H16O2.C4H10/c1-9(8(10)11-2)6-4-3-5-7-9;1-4(2)3/h3-7H2,1-2H3;4H,1-3H3. The Bertz CT molecular complexity index is 176. The third kappa shape index (κ3) is 5.81. The fraction of sp³-hybridized carbons (Fsp3) is 0.923. The lowest BCUT2D eigenvalue weighted by atomic mass is 9.76. The average Bonchev–Trinajstić information content (AvgIpc) is 2.17. The van der Waals surface area contributed by atoms with E-state index in [4.69, 9.17) is 4.74 Å². The van der Waals surface area contributed by atoms with Gasteiger partial charge in [-0.2, -0.15) is 0 Å². The molecule has 0 aromatic rings. The van der Waals surface area contributed by atoms with E-state index < -0.39 is 0 Å². The molecule has 0 saturated heterocycles. The van der Waals surface area contributed by atoms with Gasteiger partial charge in [0.1, 0.15) is 0 Å². The van der Waals surface area contributed by atoms with Gasteiger partial charge >= 0.3 is 5.97 Å². The van der Waals surface area contributed by atoms with Crippen LogP contribution in [-0.2, 0) is 9.53 Å². The Labute approximate surface area is 94.4 Å². The third-order valence-corrected chi connectivity index (χ3v) is 2.64. The molecule has 90 valence electrons. The SMILES string of the molecule is CC(C)C.COC(=O)C1(C)CCCCC1. The second-order valence-corrected chi connectivity index (χ2v) is 5.34. The van der Waals surface area contributed by atoms with Crippen molar-refractivity contribution in [3.05, 3.63) is 0 Å². The van der Waals surface area contributed by atoms with Crippen LogP contribution in [-0.4, -0.2) is 13.1 Å². The van der Waals surface area contributed by atoms with Gasteiger partial charge in [-0.25, -0.2) is 0 Å². The van der Waals surface area contributed by atoms with Crippen molar-refractivity contribution >= 4 is 5.97 Å². The van der Waals surface area contributed by atoms with Crippen LogP contribution >= 0.6 is 0 Å². The number of carbonyl (C=O) groups excluding carboxylic acids is 1. The Morgan fingerprint density at radius 1 is 1.13 bits per heavy atom. The van der Waals surface area contributed by atoms with Gasteiger partial charge in [0.25, 0.3) is 0 Å². The molecule has 0 atom stereocenters. The summed E-state index contributed by atoms with van der Waals surface area (Å²) in [6, 6.07) is 0. The zero-order chi connectivity index (χ0) is 11.9. The molecule has 1 saturated carbocycles. The number of carbonyl (C=O) groups is 1. The molecule has 1 aliphatic rings. The molecular formula is C13H26O2. The molecule has 0 aromatic carbocycles. The van der Waals surface area contributed by atoms with Gasteiger partial charge in [-0.15, -0.1) is 0 Å². The molecule has 0 bridgehead atoms. The lowest BCUT2D eigenvalue weighted by Gasteiger charge is -2.30. The molecule has 0 aliphatic heterocycles. The van der Waals surface area contributed by atoms with Crippen molar-refractivity contribution < 1.29 is 9.53 Å². The first-order valence-electron chi connectivity index (χ1n) is 6.01. The molecule has 1 rings (SSSR count). The van der Waals surface area contributed by atoms with Crippen LogP contribution in [0.15, 0.2) is 0 Å². The highest BCUT2D eigenvalue weighted by molar-refractivity contribution is 5.76. The Morgan fingerprint density at radius 3 is 1.87 bits per heavy atom. The van der Waals surface area contributed by atoms with Gasteiger partial charge in [0, 0.05) is 0 Å². The fourth-order valence-corrected chi connectivity index (χ4v) is 1.78. The average molecular weight is 214 g/mol. The van der Waals surface area contributed by atoms with E-state index in [1.807, 2.05) is 6.92 Å². The van der Waals surface area contributed by atoms with Crippen LogP contribution in [0.5, 0.6) is 0 Å². The van der Waals surface area contributed by atoms with Gasteiger partial charge in [0.05, 0.1) is 12.5 Å². The number of methoxy groups -OCH3 is 1. The molecule has 2 nitrogen and oxygen atoms in total. The van der Waals surface area contributed by atoms with Crippen molar-refractivity contribution in [2.45, 2.75) is 59.8 Å². The second-order valence-electron chi connectivity index (χ2n) is 5.34. The lowest BCUT2D eigenvalue weighted by molar-refractivity contribution is -0.153. The third-order valence-electron chi connectivity index (χ3n) is 2.64. The minimum atomic E-state index is -0.174. The minimum Gasteiger partial charge on any atom is -0.469 e. The molecule has 0 unspecified atom stereocenters. The van der Waals surface area contributed by atoms with Gasteiger partial charge in [0.2, 0.25) is 0 Å². The molecule has 1 fully saturated rings. The first kappa shape index (κ1) is 14.5. The van der Waals surface area contributed by atoms with E-state index in [0.29, 0.717) is 0 Å². The first-order chi connectivity index (χ1) is 6.92. The van der Waals surface area contributed by atoms with E-state index in [0.717, 1.165) is 18.8 Å². The van der Waals surface area contributed by atoms with Gasteiger partial charge in [-0.3, -0.25) is 4.79 Å². The van der Waals surface area contributed by atoms with Crippen molar-refractivity contribution in [3.63, 3.8) is 0 Å². The molecule has 15 heavy (non-hydrogen) atoms. The first-order valence-corrected chi connectivity index (χ1v) is 6.01. The molecular weight excluding hydrogens is 188 g/mol. The lowest BCUT2D eigenvalue weighted by Crippen LogP contribution is -2.31.